The molecule has 4 aromatic carbocycles. The lowest BCUT2D eigenvalue weighted by molar-refractivity contribution is -0.163. The zero-order chi connectivity index (χ0) is 35.3. The molecular formula is C39H44N2O8. The maximum Gasteiger partial charge on any atom is 0.328 e. The summed E-state index contributed by atoms with van der Waals surface area (Å²) in [7, 11) is 2.50. The molecule has 1 heterocycles. The Labute approximate surface area is 286 Å². The highest BCUT2D eigenvalue weighted by atomic mass is 16.8. The maximum atomic E-state index is 14.2. The molecule has 0 saturated carbocycles. The Hall–Kier alpha value is -4.80. The highest BCUT2D eigenvalue weighted by Gasteiger charge is 2.56. The van der Waals surface area contributed by atoms with Gasteiger partial charge in [0, 0.05) is 11.1 Å². The summed E-state index contributed by atoms with van der Waals surface area (Å²) in [6, 6.07) is 25.0. The largest absolute Gasteiger partial charge is 0.467 e. The molecular weight excluding hydrogens is 624 g/mol. The standard InChI is InChI=1S/C39H44N2O8/c1-23(2)19-31(37(44)46-5)40-35(42)33-34(36(43)41-32(20-24(3)4)38(45)47-6)49-39(48-33,29-17-15-25-11-7-9-13-27(25)21-29)30-18-16-26-12-8-10-14-28(26)22-30/h7-18,21-24,31-34H,19-20H2,1-6H3,(H,40,42)(H,41,43)/t31-,32-,33+,34+/m0/s1. The maximum absolute atomic E-state index is 14.2. The molecule has 1 aliphatic rings. The zero-order valence-electron chi connectivity index (χ0n) is 28.7. The molecule has 2 amide bonds. The van der Waals surface area contributed by atoms with Crippen LogP contribution in [0.25, 0.3) is 21.5 Å². The van der Waals surface area contributed by atoms with Gasteiger partial charge >= 0.3 is 11.9 Å². The van der Waals surface area contributed by atoms with E-state index in [-0.39, 0.29) is 11.8 Å². The summed E-state index contributed by atoms with van der Waals surface area (Å²) in [5.74, 6) is -4.39. The predicted octanol–water partition coefficient (Wildman–Crippen LogP) is 5.39. The third kappa shape index (κ3) is 7.76. The monoisotopic (exact) mass is 668 g/mol. The lowest BCUT2D eigenvalue weighted by Gasteiger charge is -2.30. The first-order valence-corrected chi connectivity index (χ1v) is 16.6. The molecule has 0 unspecified atom stereocenters. The van der Waals surface area contributed by atoms with E-state index in [4.69, 9.17) is 18.9 Å². The minimum absolute atomic E-state index is 0.0374. The van der Waals surface area contributed by atoms with Gasteiger partial charge in [0.05, 0.1) is 14.2 Å². The Morgan fingerprint density at radius 3 is 1.33 bits per heavy atom. The molecule has 10 heteroatoms. The number of carbonyl (C=O) groups excluding carboxylic acids is 4. The number of benzene rings is 4. The van der Waals surface area contributed by atoms with E-state index < -0.39 is 53.8 Å². The Morgan fingerprint density at radius 1 is 0.612 bits per heavy atom. The van der Waals surface area contributed by atoms with Crippen molar-refractivity contribution in [3.8, 4) is 0 Å². The molecule has 4 atom stereocenters. The van der Waals surface area contributed by atoms with E-state index in [0.717, 1.165) is 21.5 Å². The van der Waals surface area contributed by atoms with Gasteiger partial charge in [-0.3, -0.25) is 9.59 Å². The molecule has 0 aliphatic carbocycles. The molecule has 258 valence electrons. The molecule has 1 aliphatic heterocycles. The van der Waals surface area contributed by atoms with Crippen LogP contribution in [-0.4, -0.2) is 62.3 Å². The smallest absolute Gasteiger partial charge is 0.328 e. The lowest BCUT2D eigenvalue weighted by atomic mass is 9.93. The van der Waals surface area contributed by atoms with E-state index in [9.17, 15) is 19.2 Å². The molecule has 0 aromatic heterocycles. The van der Waals surface area contributed by atoms with Crippen LogP contribution in [0.2, 0.25) is 0 Å². The number of fused-ring (bicyclic) bond motifs is 2. The minimum atomic E-state index is -1.74. The van der Waals surface area contributed by atoms with Gasteiger partial charge in [0.1, 0.15) is 12.1 Å². The fraction of sp³-hybridized carbons (Fsp3) is 0.385. The number of ether oxygens (including phenoxy) is 4. The molecule has 1 saturated heterocycles. The summed E-state index contributed by atoms with van der Waals surface area (Å²) >= 11 is 0. The second-order valence-corrected chi connectivity index (χ2v) is 13.2. The highest BCUT2D eigenvalue weighted by molar-refractivity contribution is 5.95. The van der Waals surface area contributed by atoms with Crippen LogP contribution in [0, 0.1) is 11.8 Å². The second-order valence-electron chi connectivity index (χ2n) is 13.2. The van der Waals surface area contributed by atoms with Gasteiger partial charge < -0.3 is 29.6 Å². The summed E-state index contributed by atoms with van der Waals surface area (Å²) in [6.07, 6.45) is -2.48. The van der Waals surface area contributed by atoms with Crippen LogP contribution in [0.3, 0.4) is 0 Å². The van der Waals surface area contributed by atoms with Gasteiger partial charge in [-0.25, -0.2) is 9.59 Å². The second kappa shape index (κ2) is 15.2. The third-order valence-corrected chi connectivity index (χ3v) is 8.66. The third-order valence-electron chi connectivity index (χ3n) is 8.66. The first-order valence-electron chi connectivity index (χ1n) is 16.6. The van der Waals surface area contributed by atoms with Crippen molar-refractivity contribution < 1.29 is 38.1 Å². The van der Waals surface area contributed by atoms with Crippen molar-refractivity contribution in [2.24, 2.45) is 11.8 Å². The molecule has 0 radical (unpaired) electrons. The van der Waals surface area contributed by atoms with Crippen LogP contribution >= 0.6 is 0 Å². The molecule has 10 nitrogen and oxygen atoms in total. The number of hydrogen-bond acceptors (Lipinski definition) is 8. The molecule has 4 aromatic rings. The Kier molecular flexibility index (Phi) is 11.0. The van der Waals surface area contributed by atoms with Gasteiger partial charge in [-0.15, -0.1) is 0 Å². The minimum Gasteiger partial charge on any atom is -0.467 e. The van der Waals surface area contributed by atoms with Crippen LogP contribution in [0.15, 0.2) is 84.9 Å². The SMILES string of the molecule is COC(=O)[C@H](CC(C)C)NC(=O)[C@@H]1OC(c2ccc3ccccc3c2)(c2ccc3ccccc3c2)O[C@H]1C(=O)N[C@@H](CC(C)C)C(=O)OC. The van der Waals surface area contributed by atoms with Crippen molar-refractivity contribution in [2.45, 2.75) is 70.6 Å². The van der Waals surface area contributed by atoms with Gasteiger partial charge in [0.15, 0.2) is 12.2 Å². The van der Waals surface area contributed by atoms with Crippen molar-refractivity contribution in [2.75, 3.05) is 14.2 Å². The normalized spacial score (nSPS) is 18.3. The molecule has 2 N–H and O–H groups in total. The van der Waals surface area contributed by atoms with Crippen molar-refractivity contribution in [3.05, 3.63) is 96.1 Å². The fourth-order valence-electron chi connectivity index (χ4n) is 6.28. The summed E-state index contributed by atoms with van der Waals surface area (Å²) in [5.41, 5.74) is 1.10. The van der Waals surface area contributed by atoms with E-state index in [2.05, 4.69) is 10.6 Å². The van der Waals surface area contributed by atoms with Gasteiger partial charge in [-0.05, 0) is 58.4 Å². The van der Waals surface area contributed by atoms with Crippen LogP contribution in [0.5, 0.6) is 0 Å². The van der Waals surface area contributed by atoms with Gasteiger partial charge in [-0.2, -0.15) is 0 Å². The first-order chi connectivity index (χ1) is 23.4. The summed E-state index contributed by atoms with van der Waals surface area (Å²) in [5, 5.41) is 9.26. The molecule has 0 spiro atoms. The highest BCUT2D eigenvalue weighted by Crippen LogP contribution is 2.45. The quantitative estimate of drug-likeness (QED) is 0.193. The number of carbonyl (C=O) groups is 4. The van der Waals surface area contributed by atoms with Crippen LogP contribution in [-0.2, 0) is 43.9 Å². The first kappa shape index (κ1) is 35.5. The predicted molar refractivity (Wildman–Crippen MR) is 185 cm³/mol. The molecule has 49 heavy (non-hydrogen) atoms. The van der Waals surface area contributed by atoms with Gasteiger partial charge in [-0.1, -0.05) is 100 Å². The number of esters is 2. The van der Waals surface area contributed by atoms with E-state index >= 15 is 0 Å². The van der Waals surface area contributed by atoms with Crippen LogP contribution in [0.1, 0.15) is 51.7 Å². The molecule has 5 rings (SSSR count). The number of rotatable bonds is 12. The van der Waals surface area contributed by atoms with Crippen molar-refractivity contribution >= 4 is 45.3 Å². The average molecular weight is 669 g/mol. The van der Waals surface area contributed by atoms with Gasteiger partial charge in [0.2, 0.25) is 5.79 Å². The van der Waals surface area contributed by atoms with Crippen molar-refractivity contribution in [3.63, 3.8) is 0 Å². The van der Waals surface area contributed by atoms with Crippen molar-refractivity contribution in [1.82, 2.24) is 10.6 Å². The van der Waals surface area contributed by atoms with E-state index in [1.807, 2.05) is 113 Å². The zero-order valence-corrected chi connectivity index (χ0v) is 28.7. The van der Waals surface area contributed by atoms with Crippen LogP contribution < -0.4 is 10.6 Å². The number of nitrogens with one attached hydrogen (secondary N) is 2. The topological polar surface area (TPSA) is 129 Å². The van der Waals surface area contributed by atoms with Crippen molar-refractivity contribution in [1.29, 1.82) is 0 Å². The Bertz CT molecular complexity index is 1700. The molecule has 1 fully saturated rings. The Balaban J connectivity index is 1.65. The van der Waals surface area contributed by atoms with E-state index in [1.165, 1.54) is 14.2 Å². The Morgan fingerprint density at radius 2 is 0.980 bits per heavy atom. The van der Waals surface area contributed by atoms with E-state index in [0.29, 0.717) is 24.0 Å². The number of methoxy groups -OCH3 is 2. The fourth-order valence-corrected chi connectivity index (χ4v) is 6.28. The molecule has 0 bridgehead atoms. The average Bonchev–Trinajstić information content (AvgIpc) is 3.52. The lowest BCUT2D eigenvalue weighted by Crippen LogP contribution is -2.54. The number of amides is 2. The van der Waals surface area contributed by atoms with Crippen LogP contribution in [0.4, 0.5) is 0 Å². The van der Waals surface area contributed by atoms with Gasteiger partial charge in [0.25, 0.3) is 11.8 Å². The number of hydrogen-bond donors (Lipinski definition) is 2. The summed E-state index contributed by atoms with van der Waals surface area (Å²) < 4.78 is 23.4. The summed E-state index contributed by atoms with van der Waals surface area (Å²) in [4.78, 5) is 53.9. The van der Waals surface area contributed by atoms with E-state index in [1.54, 1.807) is 0 Å². The summed E-state index contributed by atoms with van der Waals surface area (Å²) in [6.45, 7) is 7.67.